The van der Waals surface area contributed by atoms with Crippen LogP contribution < -0.4 is 14.4 Å². The van der Waals surface area contributed by atoms with Crippen molar-refractivity contribution in [2.75, 3.05) is 45.4 Å². The zero-order valence-corrected chi connectivity index (χ0v) is 25.5. The lowest BCUT2D eigenvalue weighted by atomic mass is 9.99. The number of anilines is 1. The Balaban J connectivity index is 1.53. The number of morpholine rings is 1. The van der Waals surface area contributed by atoms with E-state index < -0.39 is 17.9 Å². The van der Waals surface area contributed by atoms with Gasteiger partial charge in [0.2, 0.25) is 0 Å². The molecule has 46 heavy (non-hydrogen) atoms. The second kappa shape index (κ2) is 14.5. The molecule has 4 aromatic rings. The molecule has 1 aliphatic heterocycles. The van der Waals surface area contributed by atoms with Crippen molar-refractivity contribution < 1.29 is 33.8 Å². The highest BCUT2D eigenvalue weighted by atomic mass is 16.6. The first-order valence-corrected chi connectivity index (χ1v) is 14.6. The standard InChI is InChI=1S/C34H34N4O8/c1-44-31-11-9-26(19-32(31)45-2)34(41)37(29(20-33(39)40)27-7-4-12-35-21-27)22-23-5-3-6-24(17-23)25-8-10-28(30(18-25)38(42)43)36-13-15-46-16-14-36/h3-12,17-19,21,29H,13-16,20,22H2,1-2H3,(H,39,40). The number of benzene rings is 3. The molecule has 0 radical (unpaired) electrons. The Morgan fingerprint density at radius 3 is 2.43 bits per heavy atom. The van der Waals surface area contributed by atoms with E-state index in [9.17, 15) is 24.8 Å². The summed E-state index contributed by atoms with van der Waals surface area (Å²) in [6.07, 6.45) is 2.77. The van der Waals surface area contributed by atoms with E-state index in [0.717, 1.165) is 0 Å². The third-order valence-electron chi connectivity index (χ3n) is 7.84. The van der Waals surface area contributed by atoms with Gasteiger partial charge in [0.05, 0.1) is 44.8 Å². The van der Waals surface area contributed by atoms with E-state index in [2.05, 4.69) is 4.98 Å². The quantitative estimate of drug-likeness (QED) is 0.161. The van der Waals surface area contributed by atoms with Gasteiger partial charge in [-0.1, -0.05) is 30.3 Å². The molecule has 1 N–H and O–H groups in total. The van der Waals surface area contributed by atoms with Crippen molar-refractivity contribution in [3.63, 3.8) is 0 Å². The van der Waals surface area contributed by atoms with Gasteiger partial charge in [0.25, 0.3) is 11.6 Å². The summed E-state index contributed by atoms with van der Waals surface area (Å²) in [5.74, 6) is -0.706. The Labute approximate surface area is 265 Å². The number of carbonyl (C=O) groups excluding carboxylic acids is 1. The molecule has 5 rings (SSSR count). The van der Waals surface area contributed by atoms with Crippen molar-refractivity contribution in [2.45, 2.75) is 19.0 Å². The van der Waals surface area contributed by atoms with Gasteiger partial charge in [0.1, 0.15) is 5.69 Å². The predicted octanol–water partition coefficient (Wildman–Crippen LogP) is 5.37. The Morgan fingerprint density at radius 2 is 1.76 bits per heavy atom. The Bertz CT molecular complexity index is 1710. The van der Waals surface area contributed by atoms with Crippen molar-refractivity contribution in [3.8, 4) is 22.6 Å². The molecule has 0 saturated carbocycles. The van der Waals surface area contributed by atoms with Crippen molar-refractivity contribution >= 4 is 23.3 Å². The fourth-order valence-corrected chi connectivity index (χ4v) is 5.57. The molecule has 0 bridgehead atoms. The number of nitro groups is 1. The molecule has 1 saturated heterocycles. The number of aliphatic carboxylic acids is 1. The van der Waals surface area contributed by atoms with Crippen LogP contribution in [0.3, 0.4) is 0 Å². The van der Waals surface area contributed by atoms with E-state index in [0.29, 0.717) is 65.7 Å². The van der Waals surface area contributed by atoms with Gasteiger partial charge in [-0.15, -0.1) is 0 Å². The SMILES string of the molecule is COc1ccc(C(=O)N(Cc2cccc(-c3ccc(N4CCOCC4)c([N+](=O)[O-])c3)c2)C(CC(=O)O)c2cccnc2)cc1OC. The van der Waals surface area contributed by atoms with Crippen LogP contribution in [0.5, 0.6) is 11.5 Å². The van der Waals surface area contributed by atoms with Crippen molar-refractivity contribution in [1.82, 2.24) is 9.88 Å². The number of carbonyl (C=O) groups is 2. The Hall–Kier alpha value is -5.49. The number of aromatic nitrogens is 1. The molecule has 2 heterocycles. The molecule has 1 atom stereocenters. The maximum Gasteiger partial charge on any atom is 0.305 e. The molecule has 1 fully saturated rings. The number of hydrogen-bond acceptors (Lipinski definition) is 9. The van der Waals surface area contributed by atoms with E-state index >= 15 is 0 Å². The average molecular weight is 627 g/mol. The molecule has 12 nitrogen and oxygen atoms in total. The van der Waals surface area contributed by atoms with E-state index in [4.69, 9.17) is 14.2 Å². The first-order chi connectivity index (χ1) is 22.3. The van der Waals surface area contributed by atoms with Crippen LogP contribution in [0, 0.1) is 10.1 Å². The first kappa shape index (κ1) is 31.9. The van der Waals surface area contributed by atoms with Gasteiger partial charge in [-0.25, -0.2) is 0 Å². The third-order valence-corrected chi connectivity index (χ3v) is 7.84. The van der Waals surface area contributed by atoms with E-state index in [1.54, 1.807) is 54.9 Å². The lowest BCUT2D eigenvalue weighted by Crippen LogP contribution is -2.36. The number of nitro benzene ring substituents is 1. The third kappa shape index (κ3) is 7.24. The van der Waals surface area contributed by atoms with Crippen LogP contribution in [0.1, 0.15) is 33.9 Å². The highest BCUT2D eigenvalue weighted by molar-refractivity contribution is 5.95. The Morgan fingerprint density at radius 1 is 1.00 bits per heavy atom. The van der Waals surface area contributed by atoms with Crippen LogP contribution >= 0.6 is 0 Å². The van der Waals surface area contributed by atoms with Gasteiger partial charge < -0.3 is 29.1 Å². The largest absolute Gasteiger partial charge is 0.493 e. The predicted molar refractivity (Wildman–Crippen MR) is 170 cm³/mol. The fraction of sp³-hybridized carbons (Fsp3) is 0.265. The van der Waals surface area contributed by atoms with E-state index in [-0.39, 0.29) is 29.1 Å². The molecule has 1 aliphatic rings. The first-order valence-electron chi connectivity index (χ1n) is 14.6. The fourth-order valence-electron chi connectivity index (χ4n) is 5.57. The highest BCUT2D eigenvalue weighted by Gasteiger charge is 2.30. The second-order valence-corrected chi connectivity index (χ2v) is 10.7. The van der Waals surface area contributed by atoms with Gasteiger partial charge in [-0.3, -0.25) is 24.7 Å². The van der Waals surface area contributed by atoms with Crippen molar-refractivity contribution in [1.29, 1.82) is 0 Å². The number of methoxy groups -OCH3 is 2. The second-order valence-electron chi connectivity index (χ2n) is 10.7. The van der Waals surface area contributed by atoms with Crippen molar-refractivity contribution in [3.05, 3.63) is 112 Å². The van der Waals surface area contributed by atoms with Crippen LogP contribution in [0.25, 0.3) is 11.1 Å². The maximum absolute atomic E-state index is 14.2. The molecule has 1 unspecified atom stereocenters. The van der Waals surface area contributed by atoms with Crippen molar-refractivity contribution in [2.24, 2.45) is 0 Å². The van der Waals surface area contributed by atoms with Crippen LogP contribution in [0.4, 0.5) is 11.4 Å². The smallest absolute Gasteiger partial charge is 0.305 e. The molecular weight excluding hydrogens is 592 g/mol. The van der Waals surface area contributed by atoms with Gasteiger partial charge in [-0.05, 0) is 58.7 Å². The minimum atomic E-state index is -1.08. The molecular formula is C34H34N4O8. The maximum atomic E-state index is 14.2. The zero-order valence-electron chi connectivity index (χ0n) is 25.5. The molecule has 12 heteroatoms. The Kier molecular flexibility index (Phi) is 10.1. The summed E-state index contributed by atoms with van der Waals surface area (Å²) in [6, 6.07) is 19.8. The van der Waals surface area contributed by atoms with Gasteiger partial charge in [0, 0.05) is 43.7 Å². The lowest BCUT2D eigenvalue weighted by molar-refractivity contribution is -0.384. The number of rotatable bonds is 12. The van der Waals surface area contributed by atoms with Gasteiger partial charge in [0.15, 0.2) is 11.5 Å². The zero-order chi connectivity index (χ0) is 32.6. The molecule has 238 valence electrons. The molecule has 0 spiro atoms. The number of nitrogens with zero attached hydrogens (tertiary/aromatic N) is 4. The normalized spacial score (nSPS) is 13.5. The minimum absolute atomic E-state index is 0.00633. The summed E-state index contributed by atoms with van der Waals surface area (Å²) in [6.45, 7) is 2.17. The van der Waals surface area contributed by atoms with Gasteiger partial charge >= 0.3 is 5.97 Å². The monoisotopic (exact) mass is 626 g/mol. The molecule has 1 aromatic heterocycles. The number of amides is 1. The molecule has 3 aromatic carbocycles. The van der Waals surface area contributed by atoms with Crippen LogP contribution in [0.15, 0.2) is 85.2 Å². The summed E-state index contributed by atoms with van der Waals surface area (Å²) in [7, 11) is 2.96. The highest BCUT2D eigenvalue weighted by Crippen LogP contribution is 2.35. The summed E-state index contributed by atoms with van der Waals surface area (Å²) >= 11 is 0. The molecule has 1 amide bonds. The summed E-state index contributed by atoms with van der Waals surface area (Å²) in [4.78, 5) is 45.6. The van der Waals surface area contributed by atoms with E-state index in [1.807, 2.05) is 35.2 Å². The molecule has 0 aliphatic carbocycles. The topological polar surface area (TPSA) is 145 Å². The summed E-state index contributed by atoms with van der Waals surface area (Å²) in [5.41, 5.74) is 3.42. The number of carboxylic acid groups (broad SMARTS) is 1. The van der Waals surface area contributed by atoms with Crippen LogP contribution in [-0.2, 0) is 16.1 Å². The lowest BCUT2D eigenvalue weighted by Gasteiger charge is -2.32. The number of hydrogen-bond donors (Lipinski definition) is 1. The number of pyridine rings is 1. The van der Waals surface area contributed by atoms with Gasteiger partial charge in [-0.2, -0.15) is 0 Å². The number of ether oxygens (including phenoxy) is 3. The average Bonchev–Trinajstić information content (AvgIpc) is 3.09. The summed E-state index contributed by atoms with van der Waals surface area (Å²) < 4.78 is 16.2. The number of carboxylic acids is 1. The van der Waals surface area contributed by atoms with Crippen LogP contribution in [0.2, 0.25) is 0 Å². The minimum Gasteiger partial charge on any atom is -0.493 e. The van der Waals surface area contributed by atoms with E-state index in [1.165, 1.54) is 19.1 Å². The summed E-state index contributed by atoms with van der Waals surface area (Å²) in [5, 5.41) is 22.0. The van der Waals surface area contributed by atoms with Crippen LogP contribution in [-0.4, -0.2) is 72.3 Å².